The number of aromatic nitrogens is 2. The molecule has 0 aliphatic rings. The lowest BCUT2D eigenvalue weighted by Gasteiger charge is -1.98. The average Bonchev–Trinajstić information content (AvgIpc) is 3.39. The molecule has 7 heteroatoms. The van der Waals surface area contributed by atoms with Gasteiger partial charge in [0.25, 0.3) is 5.89 Å². The number of thiophene rings is 1. The Labute approximate surface area is 165 Å². The lowest BCUT2D eigenvalue weighted by molar-refractivity contribution is 0.111. The largest absolute Gasteiger partial charge is 0.417 e. The fraction of sp³-hybridized carbons (Fsp3) is 0.0952. The molecule has 2 heterocycles. The third-order valence-electron chi connectivity index (χ3n) is 3.97. The van der Waals surface area contributed by atoms with Gasteiger partial charge in [-0.2, -0.15) is 0 Å². The number of hydrogen-bond acceptors (Lipinski definition) is 6. The highest BCUT2D eigenvalue weighted by Crippen LogP contribution is 2.28. The third-order valence-corrected chi connectivity index (χ3v) is 5.21. The number of nitrogens with zero attached hydrogens (tertiary/aromatic N) is 3. The highest BCUT2D eigenvalue weighted by Gasteiger charge is 2.09. The molecule has 0 bridgehead atoms. The highest BCUT2D eigenvalue weighted by atomic mass is 32.1. The molecule has 0 amide bonds. The number of rotatable bonds is 6. The Morgan fingerprint density at radius 3 is 2.57 bits per heavy atom. The maximum absolute atomic E-state index is 13.1. The van der Waals surface area contributed by atoms with Gasteiger partial charge in [0.2, 0.25) is 5.89 Å². The molecule has 0 saturated carbocycles. The SMILES string of the molecule is C/C(=N\OCc1nnc(-c2ccccc2)o1)c1ccc(-c2ccc(F)cc2)s1. The zero-order valence-electron chi connectivity index (χ0n) is 15.0. The number of hydrogen-bond donors (Lipinski definition) is 0. The van der Waals surface area contributed by atoms with Crippen LogP contribution in [0.2, 0.25) is 0 Å². The van der Waals surface area contributed by atoms with Crippen LogP contribution in [0.3, 0.4) is 0 Å². The fourth-order valence-electron chi connectivity index (χ4n) is 2.54. The van der Waals surface area contributed by atoms with E-state index >= 15 is 0 Å². The molecule has 2 aromatic carbocycles. The monoisotopic (exact) mass is 393 g/mol. The molecule has 0 saturated heterocycles. The summed E-state index contributed by atoms with van der Waals surface area (Å²) in [7, 11) is 0. The Morgan fingerprint density at radius 1 is 1.00 bits per heavy atom. The molecular weight excluding hydrogens is 377 g/mol. The average molecular weight is 393 g/mol. The zero-order valence-corrected chi connectivity index (χ0v) is 15.8. The van der Waals surface area contributed by atoms with Crippen molar-refractivity contribution in [1.82, 2.24) is 10.2 Å². The van der Waals surface area contributed by atoms with E-state index in [1.165, 1.54) is 12.1 Å². The highest BCUT2D eigenvalue weighted by molar-refractivity contribution is 7.17. The molecule has 0 spiro atoms. The van der Waals surface area contributed by atoms with Crippen LogP contribution in [-0.2, 0) is 11.4 Å². The van der Waals surface area contributed by atoms with E-state index < -0.39 is 0 Å². The minimum absolute atomic E-state index is 0.0906. The van der Waals surface area contributed by atoms with Gasteiger partial charge in [0.15, 0.2) is 6.61 Å². The topological polar surface area (TPSA) is 60.5 Å². The van der Waals surface area contributed by atoms with E-state index in [1.54, 1.807) is 23.5 Å². The van der Waals surface area contributed by atoms with Crippen molar-refractivity contribution in [2.45, 2.75) is 13.5 Å². The second kappa shape index (κ2) is 8.14. The molecule has 0 unspecified atom stereocenters. The minimum atomic E-state index is -0.247. The van der Waals surface area contributed by atoms with Crippen LogP contribution in [0.5, 0.6) is 0 Å². The molecule has 0 N–H and O–H groups in total. The van der Waals surface area contributed by atoms with Gasteiger partial charge in [0.1, 0.15) is 5.82 Å². The van der Waals surface area contributed by atoms with Gasteiger partial charge in [-0.05, 0) is 48.9 Å². The molecule has 0 aliphatic heterocycles. The Balaban J connectivity index is 1.39. The number of oxime groups is 1. The first-order valence-corrected chi connectivity index (χ1v) is 9.41. The molecule has 0 aliphatic carbocycles. The fourth-order valence-corrected chi connectivity index (χ4v) is 3.49. The van der Waals surface area contributed by atoms with Gasteiger partial charge < -0.3 is 9.25 Å². The summed E-state index contributed by atoms with van der Waals surface area (Å²) < 4.78 is 18.6. The Bertz CT molecular complexity index is 1090. The Hall–Kier alpha value is -3.32. The summed E-state index contributed by atoms with van der Waals surface area (Å²) in [6.07, 6.45) is 0. The van der Waals surface area contributed by atoms with Gasteiger partial charge in [0.05, 0.1) is 10.6 Å². The van der Waals surface area contributed by atoms with Crippen molar-refractivity contribution in [1.29, 1.82) is 0 Å². The number of halogens is 1. The first-order valence-electron chi connectivity index (χ1n) is 8.59. The molecule has 2 aromatic heterocycles. The standard InChI is InChI=1S/C21H16FN3O2S/c1-14(18-11-12-19(28-18)15-7-9-17(22)10-8-15)25-26-13-20-23-24-21(27-20)16-5-3-2-4-6-16/h2-12H,13H2,1H3/b25-14+. The summed E-state index contributed by atoms with van der Waals surface area (Å²) in [5, 5.41) is 12.1. The maximum Gasteiger partial charge on any atom is 0.257 e. The third kappa shape index (κ3) is 4.15. The summed E-state index contributed by atoms with van der Waals surface area (Å²) >= 11 is 1.56. The quantitative estimate of drug-likeness (QED) is 0.318. The van der Waals surface area contributed by atoms with Crippen molar-refractivity contribution in [3.63, 3.8) is 0 Å². The zero-order chi connectivity index (χ0) is 19.3. The van der Waals surface area contributed by atoms with Gasteiger partial charge in [-0.1, -0.05) is 35.5 Å². The molecular formula is C21H16FN3O2S. The van der Waals surface area contributed by atoms with E-state index in [1.807, 2.05) is 49.4 Å². The normalized spacial score (nSPS) is 11.6. The van der Waals surface area contributed by atoms with Crippen molar-refractivity contribution in [3.05, 3.63) is 83.3 Å². The van der Waals surface area contributed by atoms with Crippen LogP contribution in [0, 0.1) is 5.82 Å². The first-order chi connectivity index (χ1) is 13.7. The van der Waals surface area contributed by atoms with Crippen molar-refractivity contribution in [2.24, 2.45) is 5.16 Å². The summed E-state index contributed by atoms with van der Waals surface area (Å²) in [5.41, 5.74) is 2.56. The van der Waals surface area contributed by atoms with Crippen molar-refractivity contribution >= 4 is 17.0 Å². The van der Waals surface area contributed by atoms with Gasteiger partial charge in [-0.15, -0.1) is 21.5 Å². The van der Waals surface area contributed by atoms with E-state index in [0.717, 1.165) is 26.6 Å². The van der Waals surface area contributed by atoms with E-state index in [-0.39, 0.29) is 12.4 Å². The summed E-state index contributed by atoms with van der Waals surface area (Å²) in [6.45, 7) is 1.96. The van der Waals surface area contributed by atoms with Crippen LogP contribution in [0.4, 0.5) is 4.39 Å². The predicted octanol–water partition coefficient (Wildman–Crippen LogP) is 5.55. The smallest absolute Gasteiger partial charge is 0.257 e. The number of benzene rings is 2. The first kappa shape index (κ1) is 18.1. The van der Waals surface area contributed by atoms with Gasteiger partial charge in [-0.25, -0.2) is 4.39 Å². The van der Waals surface area contributed by atoms with E-state index in [0.29, 0.717) is 11.8 Å². The van der Waals surface area contributed by atoms with Crippen LogP contribution in [0.1, 0.15) is 17.7 Å². The summed E-state index contributed by atoms with van der Waals surface area (Å²) in [5.74, 6) is 0.554. The molecule has 4 rings (SSSR count). The lowest BCUT2D eigenvalue weighted by Crippen LogP contribution is -1.94. The van der Waals surface area contributed by atoms with Crippen LogP contribution in [0.15, 0.2) is 76.3 Å². The second-order valence-electron chi connectivity index (χ2n) is 5.99. The van der Waals surface area contributed by atoms with Crippen molar-refractivity contribution in [3.8, 4) is 21.9 Å². The molecule has 28 heavy (non-hydrogen) atoms. The van der Waals surface area contributed by atoms with Crippen LogP contribution < -0.4 is 0 Å². The molecule has 5 nitrogen and oxygen atoms in total. The lowest BCUT2D eigenvalue weighted by atomic mass is 10.2. The molecule has 0 fully saturated rings. The van der Waals surface area contributed by atoms with Crippen molar-refractivity contribution < 1.29 is 13.6 Å². The molecule has 140 valence electrons. The molecule has 0 atom stereocenters. The molecule has 4 aromatic rings. The van der Waals surface area contributed by atoms with Gasteiger partial charge >= 0.3 is 0 Å². The van der Waals surface area contributed by atoms with E-state index in [9.17, 15) is 4.39 Å². The van der Waals surface area contributed by atoms with Crippen molar-refractivity contribution in [2.75, 3.05) is 0 Å². The van der Waals surface area contributed by atoms with Gasteiger partial charge in [-0.3, -0.25) is 0 Å². The van der Waals surface area contributed by atoms with Crippen LogP contribution in [-0.4, -0.2) is 15.9 Å². The van der Waals surface area contributed by atoms with E-state index in [2.05, 4.69) is 15.4 Å². The van der Waals surface area contributed by atoms with Crippen LogP contribution in [0.25, 0.3) is 21.9 Å². The summed E-state index contributed by atoms with van der Waals surface area (Å²) in [6, 6.07) is 19.9. The minimum Gasteiger partial charge on any atom is -0.417 e. The van der Waals surface area contributed by atoms with Gasteiger partial charge in [0, 0.05) is 10.4 Å². The van der Waals surface area contributed by atoms with E-state index in [4.69, 9.17) is 9.25 Å². The summed E-state index contributed by atoms with van der Waals surface area (Å²) in [4.78, 5) is 7.37. The van der Waals surface area contributed by atoms with Crippen LogP contribution >= 0.6 is 11.3 Å². The Kier molecular flexibility index (Phi) is 5.25. The maximum atomic E-state index is 13.1. The Morgan fingerprint density at radius 2 is 1.79 bits per heavy atom. The second-order valence-corrected chi connectivity index (χ2v) is 7.07. The predicted molar refractivity (Wildman–Crippen MR) is 106 cm³/mol. The molecule has 0 radical (unpaired) electrons.